The first-order valence-electron chi connectivity index (χ1n) is 10.9. The number of pyridine rings is 2. The maximum absolute atomic E-state index is 13.4. The normalized spacial score (nSPS) is 11.4. The van der Waals surface area contributed by atoms with Crippen LogP contribution in [0.4, 0.5) is 30.4 Å². The fourth-order valence-corrected chi connectivity index (χ4v) is 3.88. The minimum Gasteiger partial charge on any atom is -0.322 e. The summed E-state index contributed by atoms with van der Waals surface area (Å²) >= 11 is 0. The van der Waals surface area contributed by atoms with Crippen molar-refractivity contribution in [2.45, 2.75) is 20.0 Å². The fourth-order valence-electron chi connectivity index (χ4n) is 3.88. The zero-order valence-electron chi connectivity index (χ0n) is 19.4. The summed E-state index contributed by atoms with van der Waals surface area (Å²) in [5, 5.41) is 3.15. The molecule has 0 bridgehead atoms. The Morgan fingerprint density at radius 3 is 2.39 bits per heavy atom. The smallest absolute Gasteiger partial charge is 0.322 e. The van der Waals surface area contributed by atoms with Gasteiger partial charge in [-0.05, 0) is 60.5 Å². The molecule has 4 rings (SSSR count). The largest absolute Gasteiger partial charge is 0.416 e. The number of amides is 2. The Morgan fingerprint density at radius 1 is 1.00 bits per heavy atom. The molecule has 0 unspecified atom stereocenters. The second-order valence-corrected chi connectivity index (χ2v) is 8.11. The lowest BCUT2D eigenvalue weighted by Crippen LogP contribution is -2.24. The van der Waals surface area contributed by atoms with Gasteiger partial charge in [-0.15, -0.1) is 0 Å². The lowest BCUT2D eigenvalue weighted by molar-refractivity contribution is -0.137. The van der Waals surface area contributed by atoms with Crippen molar-refractivity contribution in [3.8, 4) is 11.1 Å². The van der Waals surface area contributed by atoms with Crippen molar-refractivity contribution in [1.29, 1.82) is 0 Å². The Balaban J connectivity index is 1.84. The van der Waals surface area contributed by atoms with Crippen molar-refractivity contribution in [1.82, 2.24) is 9.97 Å². The van der Waals surface area contributed by atoms with Crippen LogP contribution in [0.15, 0.2) is 67.0 Å². The summed E-state index contributed by atoms with van der Waals surface area (Å²) in [6.07, 6.45) is -1.40. The van der Waals surface area contributed by atoms with Gasteiger partial charge in [0.25, 0.3) is 0 Å². The molecule has 0 aliphatic carbocycles. The van der Waals surface area contributed by atoms with E-state index in [2.05, 4.69) is 15.3 Å². The molecule has 0 aliphatic heterocycles. The predicted octanol–water partition coefficient (Wildman–Crippen LogP) is 5.21. The number of nitrogens with zero attached hydrogens (tertiary/aromatic N) is 3. The lowest BCUT2D eigenvalue weighted by Gasteiger charge is -2.25. The van der Waals surface area contributed by atoms with Gasteiger partial charge >= 0.3 is 6.18 Å². The Hall–Kier alpha value is -4.31. The third-order valence-corrected chi connectivity index (χ3v) is 5.54. The molecule has 4 aromatic rings. The van der Waals surface area contributed by atoms with Crippen LogP contribution in [0.1, 0.15) is 18.1 Å². The van der Waals surface area contributed by atoms with E-state index in [4.69, 9.17) is 5.73 Å². The molecule has 0 atom stereocenters. The van der Waals surface area contributed by atoms with E-state index in [1.54, 1.807) is 37.5 Å². The number of hydrogen-bond donors (Lipinski definition) is 2. The Morgan fingerprint density at radius 2 is 1.75 bits per heavy atom. The van der Waals surface area contributed by atoms with E-state index in [-0.39, 0.29) is 18.1 Å². The van der Waals surface area contributed by atoms with Crippen LogP contribution in [0, 0.1) is 6.92 Å². The van der Waals surface area contributed by atoms with Crippen molar-refractivity contribution in [2.24, 2.45) is 5.73 Å². The number of nitrogens with one attached hydrogen (secondary N) is 1. The van der Waals surface area contributed by atoms with E-state index in [1.165, 1.54) is 24.0 Å². The summed E-state index contributed by atoms with van der Waals surface area (Å²) in [4.78, 5) is 34.2. The number of carbonyl (C=O) groups excluding carboxylic acids is 2. The minimum absolute atomic E-state index is 0.0972. The topological polar surface area (TPSA) is 101 Å². The summed E-state index contributed by atoms with van der Waals surface area (Å²) in [6.45, 7) is 2.88. The van der Waals surface area contributed by atoms with Gasteiger partial charge in [-0.2, -0.15) is 13.2 Å². The van der Waals surface area contributed by atoms with Crippen LogP contribution in [-0.4, -0.2) is 28.3 Å². The number of anilines is 3. The molecule has 2 aromatic heterocycles. The van der Waals surface area contributed by atoms with Crippen molar-refractivity contribution in [2.75, 3.05) is 16.8 Å². The Bertz CT molecular complexity index is 1450. The third kappa shape index (κ3) is 5.03. The quantitative estimate of drug-likeness (QED) is 0.398. The fraction of sp³-hybridized carbons (Fsp3) is 0.154. The molecule has 0 saturated heterocycles. The molecule has 36 heavy (non-hydrogen) atoms. The molecule has 7 nitrogen and oxygen atoms in total. The highest BCUT2D eigenvalue weighted by molar-refractivity contribution is 6.08. The summed E-state index contributed by atoms with van der Waals surface area (Å²) in [6, 6.07) is 13.4. The second-order valence-electron chi connectivity index (χ2n) is 8.11. The number of halogens is 3. The molecule has 2 heterocycles. The zero-order chi connectivity index (χ0) is 26.0. The molecule has 2 aromatic carbocycles. The van der Waals surface area contributed by atoms with Crippen LogP contribution in [0.5, 0.6) is 0 Å². The third-order valence-electron chi connectivity index (χ3n) is 5.54. The van der Waals surface area contributed by atoms with Gasteiger partial charge in [-0.25, -0.2) is 4.98 Å². The standard InChI is InChI=1S/C26H22F3N5O2/c1-15-13-31-22-8-6-17(18-7-9-23(32-14-18)33-24(36)12-30)10-21(22)25(15)34(16(2)35)20-5-3-4-19(11-20)26(27,28)29/h3-11,13-14H,12,30H2,1-2H3,(H,32,33,36). The van der Waals surface area contributed by atoms with E-state index in [0.29, 0.717) is 28.0 Å². The van der Waals surface area contributed by atoms with E-state index in [1.807, 2.05) is 12.1 Å². The van der Waals surface area contributed by atoms with Gasteiger partial charge in [0.05, 0.1) is 23.3 Å². The van der Waals surface area contributed by atoms with Crippen molar-refractivity contribution < 1.29 is 22.8 Å². The van der Waals surface area contributed by atoms with Crippen LogP contribution in [-0.2, 0) is 15.8 Å². The van der Waals surface area contributed by atoms with E-state index in [0.717, 1.165) is 23.3 Å². The first-order valence-corrected chi connectivity index (χ1v) is 10.9. The van der Waals surface area contributed by atoms with Gasteiger partial charge in [0.2, 0.25) is 11.8 Å². The number of fused-ring (bicyclic) bond motifs is 1. The van der Waals surface area contributed by atoms with Gasteiger partial charge < -0.3 is 11.1 Å². The Kier molecular flexibility index (Phi) is 6.71. The molecule has 0 spiro atoms. The summed E-state index contributed by atoms with van der Waals surface area (Å²) < 4.78 is 40.1. The highest BCUT2D eigenvalue weighted by Crippen LogP contribution is 2.39. The van der Waals surface area contributed by atoms with E-state index in [9.17, 15) is 22.8 Å². The minimum atomic E-state index is -4.55. The first-order chi connectivity index (χ1) is 17.1. The van der Waals surface area contributed by atoms with Gasteiger partial charge in [-0.3, -0.25) is 19.5 Å². The number of hydrogen-bond acceptors (Lipinski definition) is 5. The number of aryl methyl sites for hydroxylation is 1. The molecule has 0 fully saturated rings. The number of carbonyl (C=O) groups is 2. The monoisotopic (exact) mass is 493 g/mol. The molecular formula is C26H22F3N5O2. The van der Waals surface area contributed by atoms with Crippen LogP contribution in [0.25, 0.3) is 22.0 Å². The summed E-state index contributed by atoms with van der Waals surface area (Å²) in [5.41, 5.74) is 7.64. The molecular weight excluding hydrogens is 471 g/mol. The molecule has 10 heteroatoms. The number of benzene rings is 2. The molecule has 184 valence electrons. The number of aromatic nitrogens is 2. The van der Waals surface area contributed by atoms with E-state index >= 15 is 0 Å². The maximum atomic E-state index is 13.4. The Labute approximate surface area is 204 Å². The van der Waals surface area contributed by atoms with Crippen molar-refractivity contribution >= 4 is 39.9 Å². The number of alkyl halides is 3. The first kappa shape index (κ1) is 24.8. The van der Waals surface area contributed by atoms with Crippen LogP contribution < -0.4 is 16.0 Å². The lowest BCUT2D eigenvalue weighted by atomic mass is 10.0. The highest BCUT2D eigenvalue weighted by atomic mass is 19.4. The SMILES string of the molecule is CC(=O)N(c1cccc(C(F)(F)F)c1)c1c(C)cnc2ccc(-c3ccc(NC(=O)CN)nc3)cc12. The molecule has 0 aliphatic rings. The summed E-state index contributed by atoms with van der Waals surface area (Å²) in [7, 11) is 0. The van der Waals surface area contributed by atoms with Gasteiger partial charge in [-0.1, -0.05) is 12.1 Å². The number of rotatable bonds is 5. The van der Waals surface area contributed by atoms with E-state index < -0.39 is 17.6 Å². The van der Waals surface area contributed by atoms with Crippen LogP contribution in [0.2, 0.25) is 0 Å². The van der Waals surface area contributed by atoms with Gasteiger partial charge in [0.1, 0.15) is 5.82 Å². The second kappa shape index (κ2) is 9.74. The molecule has 0 radical (unpaired) electrons. The average Bonchev–Trinajstić information content (AvgIpc) is 2.85. The molecule has 3 N–H and O–H groups in total. The van der Waals surface area contributed by atoms with Crippen LogP contribution >= 0.6 is 0 Å². The number of nitrogens with two attached hydrogens (primary N) is 1. The predicted molar refractivity (Wildman–Crippen MR) is 132 cm³/mol. The zero-order valence-corrected chi connectivity index (χ0v) is 19.4. The van der Waals surface area contributed by atoms with Crippen molar-refractivity contribution in [3.05, 3.63) is 78.1 Å². The average molecular weight is 493 g/mol. The maximum Gasteiger partial charge on any atom is 0.416 e. The van der Waals surface area contributed by atoms with Gasteiger partial charge in [0, 0.05) is 36.0 Å². The summed E-state index contributed by atoms with van der Waals surface area (Å²) in [5.74, 6) is -0.469. The highest BCUT2D eigenvalue weighted by Gasteiger charge is 2.31. The van der Waals surface area contributed by atoms with Crippen molar-refractivity contribution in [3.63, 3.8) is 0 Å². The van der Waals surface area contributed by atoms with Crippen LogP contribution in [0.3, 0.4) is 0 Å². The molecule has 2 amide bonds. The molecule has 0 saturated carbocycles. The van der Waals surface area contributed by atoms with Gasteiger partial charge in [0.15, 0.2) is 0 Å².